The Balaban J connectivity index is 1.38. The molecule has 0 saturated heterocycles. The number of methoxy groups -OCH3 is 2. The van der Waals surface area contributed by atoms with Gasteiger partial charge in [0.15, 0.2) is 16.6 Å². The summed E-state index contributed by atoms with van der Waals surface area (Å²) >= 11 is 2.73. The second-order valence-corrected chi connectivity index (χ2v) is 8.09. The molecule has 160 valence electrons. The van der Waals surface area contributed by atoms with Gasteiger partial charge in [-0.2, -0.15) is 4.68 Å². The molecule has 1 N–H and O–H groups in total. The molecule has 0 bridgehead atoms. The average molecular weight is 459 g/mol. The number of nitrogens with zero attached hydrogens (tertiary/aromatic N) is 3. The lowest BCUT2D eigenvalue weighted by molar-refractivity contribution is -0.116. The summed E-state index contributed by atoms with van der Waals surface area (Å²) in [6.07, 6.45) is 0.0571. The van der Waals surface area contributed by atoms with E-state index >= 15 is 0 Å². The first-order chi connectivity index (χ1) is 15.1. The highest BCUT2D eigenvalue weighted by Crippen LogP contribution is 2.33. The van der Waals surface area contributed by atoms with Crippen molar-refractivity contribution in [3.05, 3.63) is 51.6 Å². The Morgan fingerprint density at radius 2 is 2.03 bits per heavy atom. The van der Waals surface area contributed by atoms with Gasteiger partial charge >= 0.3 is 5.76 Å². The van der Waals surface area contributed by atoms with Gasteiger partial charge in [0.05, 0.1) is 31.3 Å². The van der Waals surface area contributed by atoms with Crippen molar-refractivity contribution < 1.29 is 18.7 Å². The number of thiazole rings is 1. The molecule has 4 rings (SSSR count). The van der Waals surface area contributed by atoms with Crippen molar-refractivity contribution in [2.45, 2.75) is 13.0 Å². The molecule has 0 aliphatic carbocycles. The average Bonchev–Trinajstić information content (AvgIpc) is 3.53. The van der Waals surface area contributed by atoms with Crippen LogP contribution in [0.4, 0.5) is 5.13 Å². The van der Waals surface area contributed by atoms with Gasteiger partial charge in [-0.1, -0.05) is 6.07 Å². The molecule has 1 aromatic carbocycles. The number of benzene rings is 1. The molecule has 3 aromatic heterocycles. The second-order valence-electron chi connectivity index (χ2n) is 6.28. The lowest BCUT2D eigenvalue weighted by Crippen LogP contribution is -2.20. The number of thiophene rings is 1. The third-order valence-electron chi connectivity index (χ3n) is 4.32. The minimum atomic E-state index is -0.596. The Kier molecular flexibility index (Phi) is 6.14. The maximum absolute atomic E-state index is 12.3. The van der Waals surface area contributed by atoms with Gasteiger partial charge in [-0.15, -0.1) is 27.8 Å². The lowest BCUT2D eigenvalue weighted by Gasteiger charge is -2.08. The summed E-state index contributed by atoms with van der Waals surface area (Å²) in [6, 6.07) is 9.14. The van der Waals surface area contributed by atoms with Crippen LogP contribution >= 0.6 is 22.7 Å². The monoisotopic (exact) mass is 458 g/mol. The van der Waals surface area contributed by atoms with Crippen LogP contribution in [0.25, 0.3) is 22.0 Å². The van der Waals surface area contributed by atoms with Gasteiger partial charge < -0.3 is 19.2 Å². The third-order valence-corrected chi connectivity index (χ3v) is 5.93. The molecule has 0 atom stereocenters. The number of nitrogens with one attached hydrogen (secondary N) is 1. The van der Waals surface area contributed by atoms with Crippen molar-refractivity contribution in [2.24, 2.45) is 0 Å². The number of anilines is 1. The summed E-state index contributed by atoms with van der Waals surface area (Å²) in [4.78, 5) is 29.5. The van der Waals surface area contributed by atoms with Gasteiger partial charge in [-0.05, 0) is 29.6 Å². The van der Waals surface area contributed by atoms with E-state index in [0.717, 1.165) is 15.1 Å². The maximum atomic E-state index is 12.3. The lowest BCUT2D eigenvalue weighted by atomic mass is 10.1. The Morgan fingerprint density at radius 1 is 1.19 bits per heavy atom. The maximum Gasteiger partial charge on any atom is 0.437 e. The van der Waals surface area contributed by atoms with Crippen LogP contribution in [0.1, 0.15) is 6.42 Å². The zero-order valence-electron chi connectivity index (χ0n) is 16.7. The van der Waals surface area contributed by atoms with Crippen LogP contribution in [0.3, 0.4) is 0 Å². The molecular formula is C20H18N4O5S2. The van der Waals surface area contributed by atoms with Crippen molar-refractivity contribution in [2.75, 3.05) is 19.5 Å². The van der Waals surface area contributed by atoms with E-state index in [2.05, 4.69) is 15.4 Å². The van der Waals surface area contributed by atoms with Crippen molar-refractivity contribution in [1.82, 2.24) is 14.8 Å². The number of ether oxygens (including phenoxy) is 2. The third kappa shape index (κ3) is 4.67. The van der Waals surface area contributed by atoms with E-state index in [9.17, 15) is 9.59 Å². The molecule has 9 nitrogen and oxygen atoms in total. The highest BCUT2D eigenvalue weighted by Gasteiger charge is 2.14. The Hall–Kier alpha value is -3.44. The molecule has 0 saturated carbocycles. The van der Waals surface area contributed by atoms with Gasteiger partial charge in [0, 0.05) is 17.4 Å². The topological polar surface area (TPSA) is 108 Å². The Labute approximate surface area is 184 Å². The molecule has 0 unspecified atom stereocenters. The predicted molar refractivity (Wildman–Crippen MR) is 118 cm³/mol. The van der Waals surface area contributed by atoms with Crippen LogP contribution in [-0.4, -0.2) is 34.9 Å². The Morgan fingerprint density at radius 3 is 2.77 bits per heavy atom. The minimum absolute atomic E-state index is 0.0571. The van der Waals surface area contributed by atoms with E-state index in [1.807, 2.05) is 35.0 Å². The van der Waals surface area contributed by atoms with Gasteiger partial charge in [0.25, 0.3) is 5.89 Å². The van der Waals surface area contributed by atoms with Gasteiger partial charge in [0.1, 0.15) is 0 Å². The molecule has 0 fully saturated rings. The van der Waals surface area contributed by atoms with Crippen molar-refractivity contribution in [3.8, 4) is 33.5 Å². The highest BCUT2D eigenvalue weighted by atomic mass is 32.1. The van der Waals surface area contributed by atoms with Crippen LogP contribution in [0.15, 0.2) is 50.3 Å². The zero-order chi connectivity index (χ0) is 21.8. The summed E-state index contributed by atoms with van der Waals surface area (Å²) < 4.78 is 16.8. The smallest absolute Gasteiger partial charge is 0.437 e. The van der Waals surface area contributed by atoms with E-state index < -0.39 is 5.76 Å². The first-order valence-corrected chi connectivity index (χ1v) is 10.9. The first kappa shape index (κ1) is 20.8. The van der Waals surface area contributed by atoms with E-state index in [-0.39, 0.29) is 24.8 Å². The fourth-order valence-corrected chi connectivity index (χ4v) is 4.18. The van der Waals surface area contributed by atoms with Crippen molar-refractivity contribution in [3.63, 3.8) is 0 Å². The number of amides is 1. The van der Waals surface area contributed by atoms with E-state index in [4.69, 9.17) is 13.9 Å². The SMILES string of the molecule is COc1ccc(-c2csc(NC(=O)CCn3nc(-c4cccs4)oc3=O)n2)cc1OC. The zero-order valence-corrected chi connectivity index (χ0v) is 18.3. The van der Waals surface area contributed by atoms with Gasteiger partial charge in [0.2, 0.25) is 5.91 Å². The predicted octanol–water partition coefficient (Wildman–Crippen LogP) is 3.73. The van der Waals surface area contributed by atoms with Crippen LogP contribution in [0.2, 0.25) is 0 Å². The quantitative estimate of drug-likeness (QED) is 0.428. The molecule has 0 spiro atoms. The highest BCUT2D eigenvalue weighted by molar-refractivity contribution is 7.14. The molecule has 0 radical (unpaired) electrons. The molecule has 4 aromatic rings. The summed E-state index contributed by atoms with van der Waals surface area (Å²) in [5.74, 6) is 0.598. The normalized spacial score (nSPS) is 10.8. The van der Waals surface area contributed by atoms with Crippen LogP contribution in [-0.2, 0) is 11.3 Å². The number of carbonyl (C=O) groups excluding carboxylic acids is 1. The van der Waals surface area contributed by atoms with E-state index in [1.54, 1.807) is 20.3 Å². The van der Waals surface area contributed by atoms with Crippen molar-refractivity contribution >= 4 is 33.7 Å². The van der Waals surface area contributed by atoms with E-state index in [0.29, 0.717) is 22.3 Å². The largest absolute Gasteiger partial charge is 0.493 e. The number of hydrogen-bond acceptors (Lipinski definition) is 9. The number of aryl methyl sites for hydroxylation is 1. The summed E-state index contributed by atoms with van der Waals surface area (Å²) in [7, 11) is 3.14. The summed E-state index contributed by atoms with van der Waals surface area (Å²) in [5.41, 5.74) is 1.54. The molecular weight excluding hydrogens is 440 g/mol. The molecule has 3 heterocycles. The van der Waals surface area contributed by atoms with E-state index in [1.165, 1.54) is 22.7 Å². The number of hydrogen-bond donors (Lipinski definition) is 1. The Bertz CT molecular complexity index is 1240. The fraction of sp³-hybridized carbons (Fsp3) is 0.200. The molecule has 0 aliphatic heterocycles. The van der Waals surface area contributed by atoms with Crippen LogP contribution in [0.5, 0.6) is 11.5 Å². The fourth-order valence-electron chi connectivity index (χ4n) is 2.80. The second kappa shape index (κ2) is 9.14. The van der Waals surface area contributed by atoms with Gasteiger partial charge in [-0.25, -0.2) is 9.78 Å². The molecule has 11 heteroatoms. The molecule has 1 amide bonds. The van der Waals surface area contributed by atoms with Gasteiger partial charge in [-0.3, -0.25) is 4.79 Å². The summed E-state index contributed by atoms with van der Waals surface area (Å²) in [6.45, 7) is 0.105. The first-order valence-electron chi connectivity index (χ1n) is 9.17. The molecule has 31 heavy (non-hydrogen) atoms. The molecule has 0 aliphatic rings. The summed E-state index contributed by atoms with van der Waals surface area (Å²) in [5, 5.41) is 11.1. The number of aromatic nitrogens is 3. The van der Waals surface area contributed by atoms with Crippen molar-refractivity contribution in [1.29, 1.82) is 0 Å². The standard InChI is InChI=1S/C20H18N4O5S2/c1-27-14-6-5-12(10-15(14)28-2)13-11-31-19(21-13)22-17(25)7-8-24-20(26)29-18(23-24)16-4-3-9-30-16/h3-6,9-11H,7-8H2,1-2H3,(H,21,22,25). The van der Waals surface area contributed by atoms with Crippen LogP contribution < -0.4 is 20.5 Å². The number of rotatable bonds is 8. The van der Waals surface area contributed by atoms with Crippen LogP contribution in [0, 0.1) is 0 Å². The number of carbonyl (C=O) groups is 1. The minimum Gasteiger partial charge on any atom is -0.493 e.